The monoisotopic (exact) mass is 420 g/mol. The van der Waals surface area contributed by atoms with Crippen LogP contribution in [0.5, 0.6) is 11.5 Å². The second kappa shape index (κ2) is 9.97. The first-order valence-corrected chi connectivity index (χ1v) is 10.6. The minimum Gasteiger partial charge on any atom is -0.490 e. The van der Waals surface area contributed by atoms with Gasteiger partial charge in [-0.2, -0.15) is 0 Å². The maximum absolute atomic E-state index is 5.82. The average molecular weight is 421 g/mol. The number of hydrogen-bond donors (Lipinski definition) is 2. The third-order valence-corrected chi connectivity index (χ3v) is 5.13. The van der Waals surface area contributed by atoms with Crippen LogP contribution in [0.25, 0.3) is 0 Å². The summed E-state index contributed by atoms with van der Waals surface area (Å²) in [6, 6.07) is 14.1. The number of aryl methyl sites for hydroxylation is 2. The normalized spacial score (nSPS) is 13.5. The van der Waals surface area contributed by atoms with Crippen molar-refractivity contribution in [1.29, 1.82) is 0 Å². The number of nitrogens with zero attached hydrogens (tertiary/aromatic N) is 4. The smallest absolute Gasteiger partial charge is 0.196 e. The molecule has 0 atom stereocenters. The minimum atomic E-state index is 0.512. The van der Waals surface area contributed by atoms with Crippen LogP contribution >= 0.6 is 0 Å². The lowest BCUT2D eigenvalue weighted by molar-refractivity contribution is 0.297. The molecule has 0 saturated heterocycles. The molecule has 3 aromatic rings. The van der Waals surface area contributed by atoms with Crippen LogP contribution in [0.4, 0.5) is 5.69 Å². The van der Waals surface area contributed by atoms with Crippen LogP contribution in [0.1, 0.15) is 30.3 Å². The Morgan fingerprint density at radius 2 is 1.97 bits per heavy atom. The first kappa shape index (κ1) is 20.7. The van der Waals surface area contributed by atoms with Crippen LogP contribution in [0.2, 0.25) is 0 Å². The van der Waals surface area contributed by atoms with E-state index in [-0.39, 0.29) is 0 Å². The third kappa shape index (κ3) is 5.33. The summed E-state index contributed by atoms with van der Waals surface area (Å²) in [4.78, 5) is 4.80. The molecule has 31 heavy (non-hydrogen) atoms. The lowest BCUT2D eigenvalue weighted by Crippen LogP contribution is -2.31. The molecule has 0 unspecified atom stereocenters. The van der Waals surface area contributed by atoms with Crippen molar-refractivity contribution in [3.63, 3.8) is 0 Å². The van der Waals surface area contributed by atoms with Gasteiger partial charge >= 0.3 is 0 Å². The summed E-state index contributed by atoms with van der Waals surface area (Å²) in [5.74, 6) is 3.02. The molecule has 4 rings (SSSR count). The van der Waals surface area contributed by atoms with Gasteiger partial charge in [-0.25, -0.2) is 4.99 Å². The van der Waals surface area contributed by atoms with Crippen molar-refractivity contribution in [1.82, 2.24) is 20.1 Å². The number of fused-ring (bicyclic) bond motifs is 1. The SMILES string of the molecule is CCn1cnnc1CNC(=NCc1ccccc1C)Nc1ccc2c(c1)OCCCO2. The van der Waals surface area contributed by atoms with E-state index < -0.39 is 0 Å². The summed E-state index contributed by atoms with van der Waals surface area (Å²) >= 11 is 0. The second-order valence-corrected chi connectivity index (χ2v) is 7.32. The molecule has 2 N–H and O–H groups in total. The van der Waals surface area contributed by atoms with Gasteiger partial charge in [0.15, 0.2) is 23.3 Å². The Balaban J connectivity index is 1.53. The van der Waals surface area contributed by atoms with Crippen molar-refractivity contribution in [2.24, 2.45) is 4.99 Å². The minimum absolute atomic E-state index is 0.512. The first-order valence-electron chi connectivity index (χ1n) is 10.6. The number of anilines is 1. The van der Waals surface area contributed by atoms with Gasteiger partial charge in [0.05, 0.1) is 26.3 Å². The van der Waals surface area contributed by atoms with E-state index in [1.807, 2.05) is 34.9 Å². The molecule has 2 aromatic carbocycles. The molecule has 0 aliphatic carbocycles. The number of rotatable bonds is 6. The van der Waals surface area contributed by atoms with E-state index in [4.69, 9.17) is 14.5 Å². The van der Waals surface area contributed by atoms with Gasteiger partial charge < -0.3 is 24.7 Å². The second-order valence-electron chi connectivity index (χ2n) is 7.32. The zero-order chi connectivity index (χ0) is 21.5. The van der Waals surface area contributed by atoms with Crippen LogP contribution in [0.15, 0.2) is 53.8 Å². The standard InChI is InChI=1S/C23H28N6O2/c1-3-29-16-26-28-22(29)15-25-23(24-14-18-8-5-4-7-17(18)2)27-19-9-10-20-21(13-19)31-12-6-11-30-20/h4-5,7-10,13,16H,3,6,11-12,14-15H2,1-2H3,(H2,24,25,27). The summed E-state index contributed by atoms with van der Waals surface area (Å²) in [5.41, 5.74) is 3.27. The van der Waals surface area contributed by atoms with Gasteiger partial charge in [-0.05, 0) is 37.1 Å². The van der Waals surface area contributed by atoms with E-state index in [1.165, 1.54) is 11.1 Å². The van der Waals surface area contributed by atoms with Gasteiger partial charge in [-0.15, -0.1) is 10.2 Å². The molecule has 162 valence electrons. The molecule has 1 aliphatic heterocycles. The summed E-state index contributed by atoms with van der Waals surface area (Å²) in [6.45, 7) is 7.37. The molecule has 2 heterocycles. The summed E-state index contributed by atoms with van der Waals surface area (Å²) in [5, 5.41) is 15.0. The van der Waals surface area contributed by atoms with E-state index in [0.29, 0.717) is 32.3 Å². The van der Waals surface area contributed by atoms with Crippen LogP contribution in [0, 0.1) is 6.92 Å². The maximum atomic E-state index is 5.82. The van der Waals surface area contributed by atoms with Gasteiger partial charge in [0.2, 0.25) is 0 Å². The van der Waals surface area contributed by atoms with E-state index in [0.717, 1.165) is 36.0 Å². The lowest BCUT2D eigenvalue weighted by atomic mass is 10.1. The van der Waals surface area contributed by atoms with Crippen LogP contribution in [0.3, 0.4) is 0 Å². The third-order valence-electron chi connectivity index (χ3n) is 5.13. The van der Waals surface area contributed by atoms with Crippen LogP contribution in [-0.4, -0.2) is 33.9 Å². The number of guanidine groups is 1. The number of ether oxygens (including phenoxy) is 2. The Morgan fingerprint density at radius 1 is 1.13 bits per heavy atom. The molecule has 1 aromatic heterocycles. The van der Waals surface area contributed by atoms with E-state index >= 15 is 0 Å². The fourth-order valence-corrected chi connectivity index (χ4v) is 3.31. The molecule has 8 heteroatoms. The van der Waals surface area contributed by atoms with Crippen molar-refractivity contribution in [2.45, 2.75) is 39.9 Å². The Kier molecular flexibility index (Phi) is 6.66. The van der Waals surface area contributed by atoms with Crippen molar-refractivity contribution in [3.05, 3.63) is 65.7 Å². The molecule has 0 amide bonds. The predicted octanol–water partition coefficient (Wildman–Crippen LogP) is 3.53. The molecule has 0 radical (unpaired) electrons. The van der Waals surface area contributed by atoms with Gasteiger partial charge in [0.25, 0.3) is 0 Å². The fourth-order valence-electron chi connectivity index (χ4n) is 3.31. The molecule has 0 saturated carbocycles. The Labute approximate surface area is 182 Å². The largest absolute Gasteiger partial charge is 0.490 e. The molecule has 0 spiro atoms. The van der Waals surface area contributed by atoms with Crippen molar-refractivity contribution in [3.8, 4) is 11.5 Å². The average Bonchev–Trinajstić information content (AvgIpc) is 3.12. The maximum Gasteiger partial charge on any atom is 0.196 e. The Hall–Kier alpha value is -3.55. The zero-order valence-electron chi connectivity index (χ0n) is 18.0. The van der Waals surface area contributed by atoms with Crippen molar-refractivity contribution >= 4 is 11.6 Å². The number of nitrogens with one attached hydrogen (secondary N) is 2. The quantitative estimate of drug-likeness (QED) is 0.469. The van der Waals surface area contributed by atoms with Crippen LogP contribution in [-0.2, 0) is 19.6 Å². The van der Waals surface area contributed by atoms with E-state index in [2.05, 4.69) is 46.8 Å². The highest BCUT2D eigenvalue weighted by molar-refractivity contribution is 5.93. The molecule has 0 bridgehead atoms. The molecule has 8 nitrogen and oxygen atoms in total. The highest BCUT2D eigenvalue weighted by Gasteiger charge is 2.12. The zero-order valence-corrected chi connectivity index (χ0v) is 18.0. The van der Waals surface area contributed by atoms with E-state index in [1.54, 1.807) is 6.33 Å². The molecule has 0 fully saturated rings. The summed E-state index contributed by atoms with van der Waals surface area (Å²) < 4.78 is 13.5. The number of hydrogen-bond acceptors (Lipinski definition) is 5. The molecular formula is C23H28N6O2. The molecular weight excluding hydrogens is 392 g/mol. The van der Waals surface area contributed by atoms with Gasteiger partial charge in [-0.3, -0.25) is 0 Å². The Bertz CT molecular complexity index is 1050. The predicted molar refractivity (Wildman–Crippen MR) is 121 cm³/mol. The highest BCUT2D eigenvalue weighted by atomic mass is 16.5. The Morgan fingerprint density at radius 3 is 2.81 bits per heavy atom. The van der Waals surface area contributed by atoms with Crippen LogP contribution < -0.4 is 20.1 Å². The van der Waals surface area contributed by atoms with Gasteiger partial charge in [0.1, 0.15) is 6.33 Å². The van der Waals surface area contributed by atoms with Gasteiger partial charge in [-0.1, -0.05) is 24.3 Å². The number of benzene rings is 2. The molecule has 1 aliphatic rings. The first-order chi connectivity index (χ1) is 15.2. The fraction of sp³-hybridized carbons (Fsp3) is 0.348. The number of aliphatic imine (C=N–C) groups is 1. The topological polar surface area (TPSA) is 85.6 Å². The van der Waals surface area contributed by atoms with Crippen molar-refractivity contribution < 1.29 is 9.47 Å². The number of aromatic nitrogens is 3. The lowest BCUT2D eigenvalue weighted by Gasteiger charge is -2.15. The van der Waals surface area contributed by atoms with Crippen molar-refractivity contribution in [2.75, 3.05) is 18.5 Å². The highest BCUT2D eigenvalue weighted by Crippen LogP contribution is 2.32. The summed E-state index contributed by atoms with van der Waals surface area (Å²) in [7, 11) is 0. The van der Waals surface area contributed by atoms with E-state index in [9.17, 15) is 0 Å². The van der Waals surface area contributed by atoms with Gasteiger partial charge in [0, 0.05) is 24.7 Å². The summed E-state index contributed by atoms with van der Waals surface area (Å²) in [6.07, 6.45) is 2.61.